The van der Waals surface area contributed by atoms with Crippen molar-refractivity contribution in [2.24, 2.45) is 5.92 Å². The molecule has 2 aliphatic rings. The number of fused-ring (bicyclic) bond motifs is 5. The zero-order chi connectivity index (χ0) is 20.3. The van der Waals surface area contributed by atoms with E-state index in [0.717, 1.165) is 41.0 Å². The maximum Gasteiger partial charge on any atom is 0.341 e. The summed E-state index contributed by atoms with van der Waals surface area (Å²) in [7, 11) is 0. The van der Waals surface area contributed by atoms with Crippen LogP contribution in [-0.2, 0) is 12.8 Å². The van der Waals surface area contributed by atoms with Crippen molar-refractivity contribution in [3.63, 3.8) is 0 Å². The third-order valence-electron chi connectivity index (χ3n) is 6.05. The van der Waals surface area contributed by atoms with Gasteiger partial charge in [-0.3, -0.25) is 4.79 Å². The van der Waals surface area contributed by atoms with Gasteiger partial charge in [0.25, 0.3) is 0 Å². The zero-order valence-electron chi connectivity index (χ0n) is 16.3. The Labute approximate surface area is 167 Å². The van der Waals surface area contributed by atoms with Crippen LogP contribution in [-0.4, -0.2) is 22.2 Å². The molecule has 0 saturated carbocycles. The van der Waals surface area contributed by atoms with Crippen LogP contribution in [0.2, 0.25) is 0 Å². The molecular formula is C23H21NO5. The molecule has 6 heteroatoms. The van der Waals surface area contributed by atoms with Gasteiger partial charge in [-0.1, -0.05) is 13.8 Å². The molecule has 1 N–H and O–H groups in total. The van der Waals surface area contributed by atoms with Gasteiger partial charge in [0.15, 0.2) is 5.43 Å². The van der Waals surface area contributed by atoms with Crippen molar-refractivity contribution in [2.75, 3.05) is 6.61 Å². The van der Waals surface area contributed by atoms with Gasteiger partial charge in [-0.15, -0.1) is 0 Å². The first-order chi connectivity index (χ1) is 14.0. The van der Waals surface area contributed by atoms with E-state index in [4.69, 9.17) is 9.15 Å². The summed E-state index contributed by atoms with van der Waals surface area (Å²) in [6.45, 7) is 4.87. The topological polar surface area (TPSA) is 81.7 Å². The minimum Gasteiger partial charge on any atom is -0.492 e. The SMILES string of the molecule is CC(C)[C@@H]1Cc2c(cc(-c3ccoc3)c3c2CCO3)-c2cc(=O)c(C(=O)O)cn21. The number of benzene rings is 1. The van der Waals surface area contributed by atoms with Gasteiger partial charge < -0.3 is 18.8 Å². The second-order valence-electron chi connectivity index (χ2n) is 8.03. The van der Waals surface area contributed by atoms with Gasteiger partial charge in [0.05, 0.1) is 24.8 Å². The number of aromatic nitrogens is 1. The Balaban J connectivity index is 1.83. The molecule has 5 rings (SSSR count). The molecule has 0 unspecified atom stereocenters. The first-order valence-electron chi connectivity index (χ1n) is 9.79. The maximum absolute atomic E-state index is 12.5. The van der Waals surface area contributed by atoms with Gasteiger partial charge in [-0.25, -0.2) is 4.79 Å². The largest absolute Gasteiger partial charge is 0.492 e. The molecule has 0 amide bonds. The summed E-state index contributed by atoms with van der Waals surface area (Å²) in [6.07, 6.45) is 6.42. The quantitative estimate of drug-likeness (QED) is 0.725. The minimum atomic E-state index is -1.19. The van der Waals surface area contributed by atoms with E-state index in [1.165, 1.54) is 23.4 Å². The van der Waals surface area contributed by atoms with Gasteiger partial charge in [-0.2, -0.15) is 0 Å². The summed E-state index contributed by atoms with van der Waals surface area (Å²) in [6, 6.07) is 5.48. The lowest BCUT2D eigenvalue weighted by atomic mass is 9.82. The van der Waals surface area contributed by atoms with E-state index < -0.39 is 11.4 Å². The molecule has 0 saturated heterocycles. The van der Waals surface area contributed by atoms with Crippen LogP contribution in [0.5, 0.6) is 5.75 Å². The van der Waals surface area contributed by atoms with Gasteiger partial charge >= 0.3 is 5.97 Å². The smallest absolute Gasteiger partial charge is 0.341 e. The highest BCUT2D eigenvalue weighted by Gasteiger charge is 2.33. The van der Waals surface area contributed by atoms with Crippen LogP contribution in [0.1, 0.15) is 41.4 Å². The van der Waals surface area contributed by atoms with Gasteiger partial charge in [-0.05, 0) is 30.0 Å². The van der Waals surface area contributed by atoms with E-state index >= 15 is 0 Å². The van der Waals surface area contributed by atoms with E-state index in [1.807, 2.05) is 16.7 Å². The summed E-state index contributed by atoms with van der Waals surface area (Å²) in [5.41, 5.74) is 5.32. The monoisotopic (exact) mass is 391 g/mol. The number of pyridine rings is 1. The molecule has 2 aliphatic heterocycles. The highest BCUT2D eigenvalue weighted by molar-refractivity contribution is 5.88. The molecule has 0 fully saturated rings. The molecular weight excluding hydrogens is 370 g/mol. The van der Waals surface area contributed by atoms with Crippen molar-refractivity contribution in [2.45, 2.75) is 32.7 Å². The van der Waals surface area contributed by atoms with Crippen LogP contribution in [0, 0.1) is 5.92 Å². The van der Waals surface area contributed by atoms with Crippen molar-refractivity contribution in [1.29, 1.82) is 0 Å². The zero-order valence-corrected chi connectivity index (χ0v) is 16.3. The van der Waals surface area contributed by atoms with Crippen LogP contribution in [0.25, 0.3) is 22.4 Å². The third-order valence-corrected chi connectivity index (χ3v) is 6.05. The minimum absolute atomic E-state index is 0.0701. The Morgan fingerprint density at radius 3 is 2.76 bits per heavy atom. The van der Waals surface area contributed by atoms with Crippen molar-refractivity contribution in [3.8, 4) is 28.1 Å². The lowest BCUT2D eigenvalue weighted by molar-refractivity contribution is 0.0694. The second kappa shape index (κ2) is 6.37. The standard InChI is InChI=1S/C23H21NO5/c1-12(2)19-8-16-14-4-6-29-22(14)15(13-3-5-28-11-13)7-17(16)20-9-21(25)18(23(26)27)10-24(19)20/h3,5,7,9-12,19H,4,6,8H2,1-2H3,(H,26,27)/t19-/m0/s1. The molecule has 29 heavy (non-hydrogen) atoms. The number of furan rings is 1. The summed E-state index contributed by atoms with van der Waals surface area (Å²) < 4.78 is 13.2. The van der Waals surface area contributed by atoms with Gasteiger partial charge in [0.2, 0.25) is 0 Å². The van der Waals surface area contributed by atoms with E-state index in [1.54, 1.807) is 12.5 Å². The molecule has 0 radical (unpaired) electrons. The van der Waals surface area contributed by atoms with E-state index in [9.17, 15) is 14.7 Å². The summed E-state index contributed by atoms with van der Waals surface area (Å²) in [5, 5.41) is 9.44. The second-order valence-corrected chi connectivity index (χ2v) is 8.03. The number of ether oxygens (including phenoxy) is 1. The summed E-state index contributed by atoms with van der Waals surface area (Å²) >= 11 is 0. The van der Waals surface area contributed by atoms with Crippen molar-refractivity contribution >= 4 is 5.97 Å². The fourth-order valence-corrected chi connectivity index (χ4v) is 4.60. The van der Waals surface area contributed by atoms with Crippen molar-refractivity contribution < 1.29 is 19.1 Å². The molecule has 3 aromatic rings. The predicted molar refractivity (Wildman–Crippen MR) is 108 cm³/mol. The van der Waals surface area contributed by atoms with Crippen LogP contribution >= 0.6 is 0 Å². The average molecular weight is 391 g/mol. The number of carboxylic acid groups (broad SMARTS) is 1. The fraction of sp³-hybridized carbons (Fsp3) is 0.304. The number of aromatic carboxylic acids is 1. The molecule has 0 spiro atoms. The number of hydrogen-bond acceptors (Lipinski definition) is 4. The third kappa shape index (κ3) is 2.63. The molecule has 0 bridgehead atoms. The van der Waals surface area contributed by atoms with E-state index in [-0.39, 0.29) is 17.5 Å². The Hall–Kier alpha value is -3.28. The number of carboxylic acids is 1. The van der Waals surface area contributed by atoms with Crippen molar-refractivity contribution in [1.82, 2.24) is 4.57 Å². The van der Waals surface area contributed by atoms with E-state index in [2.05, 4.69) is 13.8 Å². The number of nitrogens with zero attached hydrogens (tertiary/aromatic N) is 1. The van der Waals surface area contributed by atoms with Crippen LogP contribution < -0.4 is 10.2 Å². The fourth-order valence-electron chi connectivity index (χ4n) is 4.60. The highest BCUT2D eigenvalue weighted by Crippen LogP contribution is 2.47. The van der Waals surface area contributed by atoms with Crippen LogP contribution in [0.3, 0.4) is 0 Å². The Morgan fingerprint density at radius 1 is 1.24 bits per heavy atom. The van der Waals surface area contributed by atoms with Crippen LogP contribution in [0.4, 0.5) is 0 Å². The Kier molecular flexibility index (Phi) is 3.91. The lowest BCUT2D eigenvalue weighted by Gasteiger charge is -2.34. The average Bonchev–Trinajstić information content (AvgIpc) is 3.38. The molecule has 148 valence electrons. The van der Waals surface area contributed by atoms with Crippen LogP contribution in [0.15, 0.2) is 46.1 Å². The first kappa shape index (κ1) is 17.8. The molecule has 1 atom stereocenters. The van der Waals surface area contributed by atoms with Gasteiger partial charge in [0, 0.05) is 47.0 Å². The Morgan fingerprint density at radius 2 is 2.07 bits per heavy atom. The molecule has 2 aromatic heterocycles. The lowest BCUT2D eigenvalue weighted by Crippen LogP contribution is -2.28. The summed E-state index contributed by atoms with van der Waals surface area (Å²) in [5.74, 6) is -0.0248. The molecule has 4 heterocycles. The first-order valence-corrected chi connectivity index (χ1v) is 9.79. The number of carbonyl (C=O) groups is 1. The number of rotatable bonds is 3. The predicted octanol–water partition coefficient (Wildman–Crippen LogP) is 4.16. The molecule has 0 aliphatic carbocycles. The van der Waals surface area contributed by atoms with E-state index in [0.29, 0.717) is 6.61 Å². The number of hydrogen-bond donors (Lipinski definition) is 1. The van der Waals surface area contributed by atoms with Gasteiger partial charge in [0.1, 0.15) is 11.3 Å². The highest BCUT2D eigenvalue weighted by atomic mass is 16.5. The molecule has 6 nitrogen and oxygen atoms in total. The maximum atomic E-state index is 12.5. The molecule has 1 aromatic carbocycles. The normalized spacial score (nSPS) is 16.9. The summed E-state index contributed by atoms with van der Waals surface area (Å²) in [4.78, 5) is 24.1. The van der Waals surface area contributed by atoms with Crippen molar-refractivity contribution in [3.05, 3.63) is 63.8 Å². The Bertz CT molecular complexity index is 1190.